The van der Waals surface area contributed by atoms with Crippen molar-refractivity contribution in [2.75, 3.05) is 0 Å². The SMILES string of the molecule is OC1(C(F)(F)Br)CCCCC1. The second kappa shape index (κ2) is 2.98. The van der Waals surface area contributed by atoms with Gasteiger partial charge in [0, 0.05) is 0 Å². The van der Waals surface area contributed by atoms with E-state index in [1.54, 1.807) is 0 Å². The van der Waals surface area contributed by atoms with Crippen molar-refractivity contribution in [3.05, 3.63) is 0 Å². The van der Waals surface area contributed by atoms with Gasteiger partial charge in [0.15, 0.2) is 0 Å². The molecule has 1 rings (SSSR count). The lowest BCUT2D eigenvalue weighted by atomic mass is 9.85. The van der Waals surface area contributed by atoms with Gasteiger partial charge in [-0.25, -0.2) is 0 Å². The summed E-state index contributed by atoms with van der Waals surface area (Å²) in [5.74, 6) is 0. The standard InChI is InChI=1S/C7H11BrF2O/c8-7(9,10)6(11)4-2-1-3-5-6/h11H,1-5H2. The van der Waals surface area contributed by atoms with E-state index in [2.05, 4.69) is 15.9 Å². The highest BCUT2D eigenvalue weighted by atomic mass is 79.9. The maximum atomic E-state index is 12.7. The molecule has 0 heterocycles. The summed E-state index contributed by atoms with van der Waals surface area (Å²) in [7, 11) is 0. The Kier molecular flexibility index (Phi) is 2.54. The minimum absolute atomic E-state index is 0.200. The summed E-state index contributed by atoms with van der Waals surface area (Å²) in [5.41, 5.74) is -1.80. The van der Waals surface area contributed by atoms with E-state index in [0.29, 0.717) is 12.8 Å². The number of aliphatic hydroxyl groups is 1. The van der Waals surface area contributed by atoms with E-state index < -0.39 is 10.4 Å². The normalized spacial score (nSPS) is 25.1. The zero-order chi connectivity index (χ0) is 8.54. The van der Waals surface area contributed by atoms with E-state index in [0.717, 1.165) is 6.42 Å². The van der Waals surface area contributed by atoms with Crippen LogP contribution in [-0.4, -0.2) is 15.5 Å². The van der Waals surface area contributed by atoms with E-state index in [4.69, 9.17) is 0 Å². The fourth-order valence-corrected chi connectivity index (χ4v) is 1.82. The molecule has 1 aliphatic rings. The Balaban J connectivity index is 2.64. The average Bonchev–Trinajstić information content (AvgIpc) is 1.87. The Hall–Kier alpha value is 0.300. The topological polar surface area (TPSA) is 20.2 Å². The maximum Gasteiger partial charge on any atom is 0.329 e. The first-order chi connectivity index (χ1) is 4.96. The van der Waals surface area contributed by atoms with Gasteiger partial charge >= 0.3 is 4.83 Å². The zero-order valence-electron chi connectivity index (χ0n) is 6.12. The molecule has 0 saturated heterocycles. The Labute approximate surface area is 72.9 Å². The van der Waals surface area contributed by atoms with E-state index in [1.807, 2.05) is 0 Å². The highest BCUT2D eigenvalue weighted by Gasteiger charge is 2.50. The van der Waals surface area contributed by atoms with Crippen LogP contribution >= 0.6 is 15.9 Å². The summed E-state index contributed by atoms with van der Waals surface area (Å²) in [4.78, 5) is -3.12. The highest BCUT2D eigenvalue weighted by Crippen LogP contribution is 2.43. The van der Waals surface area contributed by atoms with Crippen LogP contribution in [0.4, 0.5) is 8.78 Å². The second-order valence-corrected chi connectivity index (χ2v) is 4.09. The van der Waals surface area contributed by atoms with Crippen LogP contribution in [0, 0.1) is 0 Å². The van der Waals surface area contributed by atoms with Crippen molar-refractivity contribution < 1.29 is 13.9 Å². The molecule has 1 aliphatic carbocycles. The van der Waals surface area contributed by atoms with E-state index in [1.165, 1.54) is 0 Å². The van der Waals surface area contributed by atoms with Crippen LogP contribution in [0.15, 0.2) is 0 Å². The molecule has 0 amide bonds. The summed E-state index contributed by atoms with van der Waals surface area (Å²) >= 11 is 2.21. The van der Waals surface area contributed by atoms with Crippen molar-refractivity contribution >= 4 is 15.9 Å². The highest BCUT2D eigenvalue weighted by molar-refractivity contribution is 9.10. The minimum Gasteiger partial charge on any atom is -0.383 e. The molecule has 66 valence electrons. The van der Waals surface area contributed by atoms with Gasteiger partial charge in [-0.2, -0.15) is 8.78 Å². The zero-order valence-corrected chi connectivity index (χ0v) is 7.70. The van der Waals surface area contributed by atoms with Crippen molar-refractivity contribution in [1.29, 1.82) is 0 Å². The van der Waals surface area contributed by atoms with Crippen molar-refractivity contribution in [3.8, 4) is 0 Å². The predicted octanol–water partition coefficient (Wildman–Crippen LogP) is 2.67. The van der Waals surface area contributed by atoms with Crippen molar-refractivity contribution in [2.24, 2.45) is 0 Å². The molecule has 0 aliphatic heterocycles. The van der Waals surface area contributed by atoms with Crippen LogP contribution in [0.25, 0.3) is 0 Å². The van der Waals surface area contributed by atoms with Crippen molar-refractivity contribution in [3.63, 3.8) is 0 Å². The maximum absolute atomic E-state index is 12.7. The van der Waals surface area contributed by atoms with Gasteiger partial charge in [0.2, 0.25) is 0 Å². The molecule has 0 aromatic rings. The molecule has 1 nitrogen and oxygen atoms in total. The van der Waals surface area contributed by atoms with Gasteiger partial charge in [0.25, 0.3) is 0 Å². The number of hydrogen-bond donors (Lipinski definition) is 1. The molecule has 0 spiro atoms. The average molecular weight is 229 g/mol. The largest absolute Gasteiger partial charge is 0.383 e. The summed E-state index contributed by atoms with van der Waals surface area (Å²) in [6, 6.07) is 0. The van der Waals surface area contributed by atoms with Crippen LogP contribution in [0.2, 0.25) is 0 Å². The van der Waals surface area contributed by atoms with Crippen molar-refractivity contribution in [1.82, 2.24) is 0 Å². The van der Waals surface area contributed by atoms with E-state index in [9.17, 15) is 13.9 Å². The quantitative estimate of drug-likeness (QED) is 0.685. The van der Waals surface area contributed by atoms with Gasteiger partial charge < -0.3 is 5.11 Å². The molecule has 0 atom stereocenters. The molecule has 11 heavy (non-hydrogen) atoms. The summed E-state index contributed by atoms with van der Waals surface area (Å²) in [6.07, 6.45) is 2.73. The smallest absolute Gasteiger partial charge is 0.329 e. The summed E-state index contributed by atoms with van der Waals surface area (Å²) in [5, 5.41) is 9.41. The first-order valence-electron chi connectivity index (χ1n) is 3.75. The van der Waals surface area contributed by atoms with Crippen LogP contribution in [0.5, 0.6) is 0 Å². The summed E-state index contributed by atoms with van der Waals surface area (Å²) < 4.78 is 25.3. The van der Waals surface area contributed by atoms with Crippen molar-refractivity contribution in [2.45, 2.75) is 42.5 Å². The third kappa shape index (κ3) is 1.90. The van der Waals surface area contributed by atoms with Gasteiger partial charge in [-0.05, 0) is 28.8 Å². The second-order valence-electron chi connectivity index (χ2n) is 3.09. The third-order valence-electron chi connectivity index (χ3n) is 2.21. The molecule has 1 N–H and O–H groups in total. The summed E-state index contributed by atoms with van der Waals surface area (Å²) in [6.45, 7) is 0. The monoisotopic (exact) mass is 228 g/mol. The Bertz CT molecular complexity index is 138. The van der Waals surface area contributed by atoms with Crippen LogP contribution in [-0.2, 0) is 0 Å². The molecule has 4 heteroatoms. The third-order valence-corrected chi connectivity index (χ3v) is 2.95. The molecule has 0 bridgehead atoms. The fraction of sp³-hybridized carbons (Fsp3) is 1.00. The number of halogens is 3. The van der Waals surface area contributed by atoms with Crippen LogP contribution in [0.3, 0.4) is 0 Å². The lowest BCUT2D eigenvalue weighted by Crippen LogP contribution is -2.45. The van der Waals surface area contributed by atoms with E-state index in [-0.39, 0.29) is 12.8 Å². The molecular formula is C7H11BrF2O. The van der Waals surface area contributed by atoms with Gasteiger partial charge in [-0.1, -0.05) is 19.3 Å². The Morgan fingerprint density at radius 3 is 1.91 bits per heavy atom. The van der Waals surface area contributed by atoms with Gasteiger partial charge in [-0.15, -0.1) is 0 Å². The first kappa shape index (κ1) is 9.39. The van der Waals surface area contributed by atoms with Gasteiger partial charge in [0.1, 0.15) is 5.60 Å². The Morgan fingerprint density at radius 1 is 1.18 bits per heavy atom. The molecule has 1 fully saturated rings. The fourth-order valence-electron chi connectivity index (χ4n) is 1.42. The predicted molar refractivity (Wildman–Crippen MR) is 41.9 cm³/mol. The molecule has 0 aromatic heterocycles. The van der Waals surface area contributed by atoms with E-state index >= 15 is 0 Å². The lowest BCUT2D eigenvalue weighted by Gasteiger charge is -2.35. The molecule has 1 saturated carbocycles. The van der Waals surface area contributed by atoms with Gasteiger partial charge in [-0.3, -0.25) is 0 Å². The minimum atomic E-state index is -3.12. The number of hydrogen-bond acceptors (Lipinski definition) is 1. The number of rotatable bonds is 1. The van der Waals surface area contributed by atoms with Crippen LogP contribution < -0.4 is 0 Å². The molecular weight excluding hydrogens is 218 g/mol. The lowest BCUT2D eigenvalue weighted by molar-refractivity contribution is -0.134. The van der Waals surface area contributed by atoms with Gasteiger partial charge in [0.05, 0.1) is 0 Å². The molecule has 0 aromatic carbocycles. The first-order valence-corrected chi connectivity index (χ1v) is 4.54. The molecule has 0 radical (unpaired) electrons. The van der Waals surface area contributed by atoms with Crippen LogP contribution in [0.1, 0.15) is 32.1 Å². The molecule has 0 unspecified atom stereocenters. The Morgan fingerprint density at radius 2 is 1.64 bits per heavy atom. The number of alkyl halides is 3.